The molecule has 16 atom stereocenters. The highest BCUT2D eigenvalue weighted by Crippen LogP contribution is 2.79. The first-order valence-electron chi connectivity index (χ1n) is 42.5. The van der Waals surface area contributed by atoms with E-state index in [9.17, 15) is 33.9 Å². The van der Waals surface area contributed by atoms with Gasteiger partial charge >= 0.3 is 23.9 Å². The number of nitrogens with zero attached hydrogens (tertiary/aromatic N) is 4. The molecule has 2 aromatic heterocycles. The van der Waals surface area contributed by atoms with Crippen LogP contribution in [0, 0.1) is 112 Å². The molecule has 112 heavy (non-hydrogen) atoms. The van der Waals surface area contributed by atoms with Crippen molar-refractivity contribution in [3.05, 3.63) is 116 Å². The van der Waals surface area contributed by atoms with E-state index in [1.54, 1.807) is 27.7 Å². The van der Waals surface area contributed by atoms with Crippen LogP contribution in [-0.4, -0.2) is 78.8 Å². The summed E-state index contributed by atoms with van der Waals surface area (Å²) in [4.78, 5) is 79.7. The molecule has 16 nitrogen and oxygen atoms in total. The molecule has 18 heteroatoms. The Morgan fingerprint density at radius 2 is 0.839 bits per heavy atom. The van der Waals surface area contributed by atoms with Gasteiger partial charge in [-0.1, -0.05) is 156 Å². The second-order valence-electron chi connectivity index (χ2n) is 42.7. The Morgan fingerprint density at radius 1 is 0.473 bits per heavy atom. The number of aliphatic carboxylic acids is 1. The first-order chi connectivity index (χ1) is 52.0. The molecule has 1 N–H and O–H groups in total. The molecule has 0 spiro atoms. The highest BCUT2D eigenvalue weighted by Gasteiger charge is 2.73. The number of benzene rings is 2. The van der Waals surface area contributed by atoms with E-state index >= 15 is 0 Å². The minimum absolute atomic E-state index is 0.00779. The van der Waals surface area contributed by atoms with E-state index < -0.39 is 28.4 Å². The van der Waals surface area contributed by atoms with Crippen LogP contribution in [0.25, 0.3) is 0 Å². The molecule has 0 aliphatic heterocycles. The van der Waals surface area contributed by atoms with Crippen molar-refractivity contribution in [3.63, 3.8) is 0 Å². The smallest absolute Gasteiger partial charge is 0.312 e. The number of Topliss-reactive ketones (excluding diaryl/α,β-unsaturated/α-hetero) is 2. The highest BCUT2D eigenvalue weighted by molar-refractivity contribution is 6.30. The van der Waals surface area contributed by atoms with Gasteiger partial charge in [0, 0.05) is 57.4 Å². The van der Waals surface area contributed by atoms with Crippen molar-refractivity contribution in [1.82, 2.24) is 20.4 Å². The number of esters is 3. The molecule has 2 heterocycles. The standard InChI is InChI=1S/C49H69ClN2O6.C45H61ClN2O6/c1-29(2)40-33(53)26-49(27-38-52-51-37(57-38)25-30-13-15-31(50)16-14-30)24-23-47(11)32(41(40)49)17-18-35-46(10)21-20-36(45(8,9)34(46)19-22-48(35,47)12)56-39(54)28-44(6,7)42(55)58-43(3,4)5;1-26(2)37-30(49)23-45(24-35-48-47-34(54-35)22-27-10-12-28(46)13-11-27)21-20-43(8)29(38(37)45)14-15-32-42(7)18-17-33(53-36(50)25-40(3,4)39(51)52)41(5,6)31(42)16-19-44(32,43)9/h13-16,29,32,34-36H,17-28H2,1-12H3;10-13,26,29,31-33H,14-25H2,1-9H3,(H,51,52)/t32-,34+,35-,36+,46+,47-,48-,49+;29-,31+,32-,33+,42+,43-,44-,45+/m11/s1. The minimum Gasteiger partial charge on any atom is -0.481 e. The van der Waals surface area contributed by atoms with Crippen molar-refractivity contribution in [3.8, 4) is 0 Å². The molecule has 8 fully saturated rings. The number of hydrogen-bond donors (Lipinski definition) is 1. The third-order valence-electron chi connectivity index (χ3n) is 32.8. The van der Waals surface area contributed by atoms with Crippen LogP contribution in [0.2, 0.25) is 10.0 Å². The molecular weight excluding hydrogens is 1450 g/mol. The van der Waals surface area contributed by atoms with Crippen LogP contribution in [0.3, 0.4) is 0 Å². The summed E-state index contributed by atoms with van der Waals surface area (Å²) in [7, 11) is 0. The number of fused-ring (bicyclic) bond motifs is 14. The van der Waals surface area contributed by atoms with Gasteiger partial charge in [-0.2, -0.15) is 0 Å². The maximum atomic E-state index is 14.2. The number of allylic oxidation sites excluding steroid dienone is 4. The molecular formula is C94H130Cl2N4O12. The van der Waals surface area contributed by atoms with Gasteiger partial charge in [0.2, 0.25) is 23.6 Å². The Labute approximate surface area is 677 Å². The lowest BCUT2D eigenvalue weighted by molar-refractivity contribution is -0.233. The van der Waals surface area contributed by atoms with Crippen LogP contribution in [0.1, 0.15) is 309 Å². The second kappa shape index (κ2) is 29.3. The Morgan fingerprint density at radius 3 is 1.20 bits per heavy atom. The van der Waals surface area contributed by atoms with E-state index in [0.717, 1.165) is 125 Å². The summed E-state index contributed by atoms with van der Waals surface area (Å²) in [6, 6.07) is 15.4. The average molecular weight is 1580 g/mol. The maximum Gasteiger partial charge on any atom is 0.312 e. The van der Waals surface area contributed by atoms with Crippen molar-refractivity contribution >= 4 is 58.6 Å². The molecule has 10 aliphatic rings. The molecule has 10 aliphatic carbocycles. The second-order valence-corrected chi connectivity index (χ2v) is 43.6. The molecule has 2 aromatic carbocycles. The number of carboxylic acid groups (broad SMARTS) is 1. The Hall–Kier alpha value is -6.00. The lowest BCUT2D eigenvalue weighted by Crippen LogP contribution is -2.65. The van der Waals surface area contributed by atoms with E-state index in [2.05, 4.69) is 117 Å². The zero-order chi connectivity index (χ0) is 81.7. The number of carbonyl (C=O) groups is 6. The largest absolute Gasteiger partial charge is 0.481 e. The first kappa shape index (κ1) is 83.9. The topological polar surface area (TPSA) is 228 Å². The molecule has 4 aromatic rings. The van der Waals surface area contributed by atoms with Gasteiger partial charge in [-0.15, -0.1) is 20.4 Å². The van der Waals surface area contributed by atoms with Crippen LogP contribution < -0.4 is 0 Å². The van der Waals surface area contributed by atoms with Crippen LogP contribution in [0.5, 0.6) is 0 Å². The van der Waals surface area contributed by atoms with Gasteiger partial charge in [-0.05, 0) is 278 Å². The Bertz CT molecular complexity index is 4380. The van der Waals surface area contributed by atoms with Crippen LogP contribution in [-0.2, 0) is 68.7 Å². The summed E-state index contributed by atoms with van der Waals surface area (Å²) >= 11 is 12.2. The van der Waals surface area contributed by atoms with Gasteiger partial charge in [-0.3, -0.25) is 28.8 Å². The quantitative estimate of drug-likeness (QED) is 0.0721. The van der Waals surface area contributed by atoms with Crippen molar-refractivity contribution < 1.29 is 56.9 Å². The number of rotatable bonds is 18. The number of carboxylic acids is 1. The van der Waals surface area contributed by atoms with E-state index in [1.165, 1.54) is 11.1 Å². The lowest BCUT2D eigenvalue weighted by atomic mass is 9.33. The molecule has 612 valence electrons. The zero-order valence-corrected chi connectivity index (χ0v) is 72.9. The van der Waals surface area contributed by atoms with Crippen molar-refractivity contribution in [2.75, 3.05) is 0 Å². The van der Waals surface area contributed by atoms with E-state index in [1.807, 2.05) is 69.3 Å². The molecule has 8 saturated carbocycles. The number of hydrogen-bond acceptors (Lipinski definition) is 15. The summed E-state index contributed by atoms with van der Waals surface area (Å²) in [5.74, 6) is 3.65. The summed E-state index contributed by atoms with van der Waals surface area (Å²) in [6.07, 6.45) is 19.1. The predicted molar refractivity (Wildman–Crippen MR) is 433 cm³/mol. The van der Waals surface area contributed by atoms with Crippen LogP contribution >= 0.6 is 23.2 Å². The minimum atomic E-state index is -1.16. The van der Waals surface area contributed by atoms with Crippen molar-refractivity contribution in [1.29, 1.82) is 0 Å². The third-order valence-corrected chi connectivity index (χ3v) is 33.3. The number of ether oxygens (including phenoxy) is 3. The highest BCUT2D eigenvalue weighted by atomic mass is 35.5. The average Bonchev–Trinajstić information content (AvgIpc) is 1.13. The predicted octanol–water partition coefficient (Wildman–Crippen LogP) is 21.8. The molecule has 14 rings (SSSR count). The zero-order valence-electron chi connectivity index (χ0n) is 71.3. The van der Waals surface area contributed by atoms with Gasteiger partial charge in [0.25, 0.3) is 0 Å². The summed E-state index contributed by atoms with van der Waals surface area (Å²) in [5, 5.41) is 29.0. The van der Waals surface area contributed by atoms with Crippen LogP contribution in [0.15, 0.2) is 79.7 Å². The lowest BCUT2D eigenvalue weighted by Gasteiger charge is -2.72. The van der Waals surface area contributed by atoms with E-state index in [0.29, 0.717) is 119 Å². The fraction of sp³-hybridized carbons (Fsp3) is 0.723. The Balaban J connectivity index is 0.000000197. The third kappa shape index (κ3) is 14.4. The Kier molecular flexibility index (Phi) is 21.9. The van der Waals surface area contributed by atoms with Crippen LogP contribution in [0.4, 0.5) is 0 Å². The number of aromatic nitrogens is 4. The summed E-state index contributed by atoms with van der Waals surface area (Å²) < 4.78 is 30.9. The van der Waals surface area contributed by atoms with Gasteiger partial charge in [-0.25, -0.2) is 0 Å². The van der Waals surface area contributed by atoms with E-state index in [4.69, 9.17) is 46.2 Å². The number of halogens is 2. The van der Waals surface area contributed by atoms with Crippen molar-refractivity contribution in [2.24, 2.45) is 112 Å². The summed E-state index contributed by atoms with van der Waals surface area (Å²) in [5.41, 5.74) is 3.64. The molecule has 0 amide bonds. The van der Waals surface area contributed by atoms with Crippen molar-refractivity contribution in [2.45, 2.75) is 317 Å². The molecule has 0 saturated heterocycles. The van der Waals surface area contributed by atoms with E-state index in [-0.39, 0.29) is 103 Å². The van der Waals surface area contributed by atoms with Gasteiger partial charge in [0.15, 0.2) is 11.6 Å². The summed E-state index contributed by atoms with van der Waals surface area (Å²) in [6.45, 7) is 45.6. The molecule has 0 bridgehead atoms. The first-order valence-corrected chi connectivity index (χ1v) is 43.3. The van der Waals surface area contributed by atoms with Gasteiger partial charge in [0.1, 0.15) is 17.8 Å². The molecule has 0 radical (unpaired) electrons. The SMILES string of the molecule is CC(C)C1=C2[C@H]3CC[C@@H]4[C@@]5(C)CC[C@H](OC(=O)CC(C)(C)C(=O)O)C(C)(C)[C@@H]5CC[C@@]4(C)[C@]3(C)CC[C@@]2(Cc2nnc(Cc3ccc(Cl)cc3)o2)CC1=O.CC(C)C1=C2[C@H]3CC[C@@H]4[C@@]5(C)CC[C@H](OC(=O)CC(C)(C)C(=O)OC(C)(C)C)C(C)(C)[C@@H]5CC[C@@]4(C)[C@]3(C)CC[C@@]2(Cc2nnc(Cc3ccc(Cl)cc3)o2)CC1=O. The number of carbonyl (C=O) groups excluding carboxylic acids is 5. The fourth-order valence-corrected chi connectivity index (χ4v) is 27.2. The van der Waals surface area contributed by atoms with Gasteiger partial charge in [0.05, 0.1) is 36.5 Å². The number of ketones is 2. The monoisotopic (exact) mass is 1580 g/mol. The maximum absolute atomic E-state index is 14.2. The normalized spacial score (nSPS) is 35.2. The molecule has 0 unspecified atom stereocenters. The fourth-order valence-electron chi connectivity index (χ4n) is 27.0. The van der Waals surface area contributed by atoms with Gasteiger partial charge < -0.3 is 28.2 Å².